The minimum absolute atomic E-state index is 0.0598. The van der Waals surface area contributed by atoms with Gasteiger partial charge in [-0.25, -0.2) is 18.2 Å². The van der Waals surface area contributed by atoms with Gasteiger partial charge in [0.05, 0.1) is 16.3 Å². The molecule has 0 bridgehead atoms. The van der Waals surface area contributed by atoms with Crippen LogP contribution in [0.15, 0.2) is 66.7 Å². The first-order valence-corrected chi connectivity index (χ1v) is 15.2. The van der Waals surface area contributed by atoms with E-state index in [0.717, 1.165) is 21.7 Å². The second-order valence-electron chi connectivity index (χ2n) is 11.6. The normalized spacial score (nSPS) is 20.3. The van der Waals surface area contributed by atoms with Crippen molar-refractivity contribution < 1.29 is 22.8 Å². The Morgan fingerprint density at radius 3 is 2.51 bits per heavy atom. The summed E-state index contributed by atoms with van der Waals surface area (Å²) in [5, 5.41) is 2.72. The van der Waals surface area contributed by atoms with Gasteiger partial charge in [-0.05, 0) is 66.6 Å². The minimum atomic E-state index is -2.59. The molecule has 3 aliphatic rings. The van der Waals surface area contributed by atoms with Crippen LogP contribution in [0, 0.1) is 24.6 Å². The summed E-state index contributed by atoms with van der Waals surface area (Å²) in [7, 11) is 0. The number of hydrogen-bond donors (Lipinski definition) is 1. The number of nitrogens with zero attached hydrogens (tertiary/aromatic N) is 3. The molecule has 7 rings (SSSR count). The monoisotopic (exact) mass is 602 g/mol. The predicted octanol–water partition coefficient (Wildman–Crippen LogP) is 7.19. The molecule has 0 unspecified atom stereocenters. The summed E-state index contributed by atoms with van der Waals surface area (Å²) in [6, 6.07) is 19.4. The number of amides is 2. The third-order valence-corrected chi connectivity index (χ3v) is 9.97. The number of aryl methyl sites for hydroxylation is 1. The fourth-order valence-electron chi connectivity index (χ4n) is 6.68. The highest BCUT2D eigenvalue weighted by molar-refractivity contribution is 7.17. The zero-order chi connectivity index (χ0) is 29.9. The molecule has 43 heavy (non-hydrogen) atoms. The Labute approximate surface area is 251 Å². The fourth-order valence-corrected chi connectivity index (χ4v) is 7.82. The maximum Gasteiger partial charge on any atom is 0.276 e. The third kappa shape index (κ3) is 5.07. The highest BCUT2D eigenvalue weighted by atomic mass is 32.1. The number of thiophene rings is 1. The van der Waals surface area contributed by atoms with E-state index in [9.17, 15) is 22.8 Å². The number of pyridine rings is 1. The van der Waals surface area contributed by atoms with Crippen LogP contribution in [0.3, 0.4) is 0 Å². The van der Waals surface area contributed by atoms with E-state index in [0.29, 0.717) is 48.0 Å². The third-order valence-electron chi connectivity index (χ3n) is 8.76. The van der Waals surface area contributed by atoms with Gasteiger partial charge in [0.1, 0.15) is 17.3 Å². The largest absolute Gasteiger partial charge is 0.356 e. The van der Waals surface area contributed by atoms with Crippen LogP contribution in [0.2, 0.25) is 0 Å². The summed E-state index contributed by atoms with van der Waals surface area (Å²) in [6.07, 6.45) is 0.336. The topological polar surface area (TPSA) is 65.5 Å². The molecule has 1 aliphatic carbocycles. The summed E-state index contributed by atoms with van der Waals surface area (Å²) in [5.74, 6) is -3.19. The Bertz CT molecular complexity index is 1720. The molecule has 1 N–H and O–H groups in total. The number of nitrogens with one attached hydrogen (secondary N) is 1. The standard InChI is InChI=1S/C33H29F3N4O2S/c1-19-6-4-8-24(34)29(19)38-31(41)27-14-20-12-13-40(26-10-3-2-7-23(26)30(20)43-27)32(42)25-9-5-11-28(37-25)39-17-21-15-33(35,36)16-22(21)18-39/h2-11,14,21-22H,12-13,15-18H2,1H3,(H,38,41)/t21-,22+. The number of rotatable bonds is 4. The summed E-state index contributed by atoms with van der Waals surface area (Å²) in [4.78, 5) is 36.9. The van der Waals surface area contributed by atoms with E-state index in [1.807, 2.05) is 41.3 Å². The average molecular weight is 603 g/mol. The lowest BCUT2D eigenvalue weighted by Crippen LogP contribution is -2.33. The first-order valence-electron chi connectivity index (χ1n) is 14.4. The number of alkyl halides is 2. The van der Waals surface area contributed by atoms with Gasteiger partial charge in [0.25, 0.3) is 11.8 Å². The van der Waals surface area contributed by atoms with E-state index in [4.69, 9.17) is 4.98 Å². The maximum atomic E-state index is 14.4. The SMILES string of the molecule is Cc1cccc(F)c1NC(=O)c1cc2c(s1)-c1ccccc1N(C(=O)c1cccc(N3C[C@@H]4CC(F)(F)C[C@@H]4C3)n1)CC2. The second-order valence-corrected chi connectivity index (χ2v) is 12.7. The molecular formula is C33H29F3N4O2S. The summed E-state index contributed by atoms with van der Waals surface area (Å²) < 4.78 is 42.1. The molecule has 2 aromatic carbocycles. The van der Waals surface area contributed by atoms with Crippen molar-refractivity contribution in [1.29, 1.82) is 0 Å². The van der Waals surface area contributed by atoms with Crippen LogP contribution >= 0.6 is 11.3 Å². The van der Waals surface area contributed by atoms with Crippen LogP contribution < -0.4 is 15.1 Å². The zero-order valence-corrected chi connectivity index (χ0v) is 24.3. The smallest absolute Gasteiger partial charge is 0.276 e. The first-order chi connectivity index (χ1) is 20.7. The van der Waals surface area contributed by atoms with Crippen molar-refractivity contribution in [3.63, 3.8) is 0 Å². The summed E-state index contributed by atoms with van der Waals surface area (Å²) >= 11 is 1.32. The molecule has 2 aliphatic heterocycles. The fraction of sp³-hybridized carbons (Fsp3) is 0.303. The van der Waals surface area contributed by atoms with Crippen LogP contribution in [0.1, 0.15) is 44.1 Å². The molecule has 220 valence electrons. The highest BCUT2D eigenvalue weighted by Gasteiger charge is 2.50. The molecule has 2 atom stereocenters. The van der Waals surface area contributed by atoms with E-state index < -0.39 is 11.7 Å². The number of carbonyl (C=O) groups excluding carboxylic acids is 2. The molecule has 2 fully saturated rings. The average Bonchev–Trinajstić information content (AvgIpc) is 3.63. The molecule has 1 saturated carbocycles. The molecule has 6 nitrogen and oxygen atoms in total. The van der Waals surface area contributed by atoms with Crippen LogP contribution in [0.4, 0.5) is 30.4 Å². The number of halogens is 3. The first kappa shape index (κ1) is 27.6. The Morgan fingerprint density at radius 2 is 1.74 bits per heavy atom. The van der Waals surface area contributed by atoms with Gasteiger partial charge in [-0.3, -0.25) is 9.59 Å². The number of para-hydroxylation sites is 2. The van der Waals surface area contributed by atoms with E-state index in [1.165, 1.54) is 17.4 Å². The second kappa shape index (κ2) is 10.5. The number of aromatic nitrogens is 1. The van der Waals surface area contributed by atoms with Crippen LogP contribution in [-0.4, -0.2) is 42.4 Å². The van der Waals surface area contributed by atoms with Gasteiger partial charge in [0, 0.05) is 42.9 Å². The zero-order valence-electron chi connectivity index (χ0n) is 23.4. The molecular weight excluding hydrogens is 573 g/mol. The van der Waals surface area contributed by atoms with Crippen LogP contribution in [0.5, 0.6) is 0 Å². The van der Waals surface area contributed by atoms with E-state index in [1.54, 1.807) is 36.1 Å². The van der Waals surface area contributed by atoms with Gasteiger partial charge in [0.2, 0.25) is 5.92 Å². The van der Waals surface area contributed by atoms with Gasteiger partial charge >= 0.3 is 0 Å². The number of anilines is 3. The number of benzene rings is 2. The van der Waals surface area contributed by atoms with Crippen molar-refractivity contribution in [2.24, 2.45) is 11.8 Å². The minimum Gasteiger partial charge on any atom is -0.356 e. The number of carbonyl (C=O) groups is 2. The lowest BCUT2D eigenvalue weighted by atomic mass is 10.0. The Morgan fingerprint density at radius 1 is 1.00 bits per heavy atom. The Hall–Kier alpha value is -4.18. The van der Waals surface area contributed by atoms with Gasteiger partial charge in [-0.1, -0.05) is 36.4 Å². The summed E-state index contributed by atoms with van der Waals surface area (Å²) in [5.41, 5.74) is 3.58. The molecule has 4 aromatic rings. The molecule has 2 amide bonds. The quantitative estimate of drug-likeness (QED) is 0.269. The molecule has 0 spiro atoms. The lowest BCUT2D eigenvalue weighted by Gasteiger charge is -2.24. The van der Waals surface area contributed by atoms with Crippen LogP contribution in [0.25, 0.3) is 10.4 Å². The summed E-state index contributed by atoms with van der Waals surface area (Å²) in [6.45, 7) is 3.15. The van der Waals surface area contributed by atoms with Gasteiger partial charge in [-0.15, -0.1) is 11.3 Å². The molecule has 2 aromatic heterocycles. The number of hydrogen-bond acceptors (Lipinski definition) is 5. The lowest BCUT2D eigenvalue weighted by molar-refractivity contribution is 0.00171. The van der Waals surface area contributed by atoms with Gasteiger partial charge in [-0.2, -0.15) is 0 Å². The van der Waals surface area contributed by atoms with E-state index in [-0.39, 0.29) is 42.2 Å². The van der Waals surface area contributed by atoms with E-state index >= 15 is 0 Å². The van der Waals surface area contributed by atoms with E-state index in [2.05, 4.69) is 5.32 Å². The van der Waals surface area contributed by atoms with Crippen molar-refractivity contribution in [2.75, 3.05) is 34.8 Å². The maximum absolute atomic E-state index is 14.4. The van der Waals surface area contributed by atoms with Crippen molar-refractivity contribution in [2.45, 2.75) is 32.1 Å². The van der Waals surface area contributed by atoms with Crippen molar-refractivity contribution in [3.05, 3.63) is 94.2 Å². The van der Waals surface area contributed by atoms with Crippen LogP contribution in [-0.2, 0) is 6.42 Å². The van der Waals surface area contributed by atoms with Crippen molar-refractivity contribution in [1.82, 2.24) is 4.98 Å². The Balaban J connectivity index is 1.14. The molecule has 4 heterocycles. The van der Waals surface area contributed by atoms with Crippen molar-refractivity contribution >= 4 is 40.3 Å². The highest BCUT2D eigenvalue weighted by Crippen LogP contribution is 2.47. The van der Waals surface area contributed by atoms with Gasteiger partial charge in [0.15, 0.2) is 0 Å². The van der Waals surface area contributed by atoms with Gasteiger partial charge < -0.3 is 15.1 Å². The predicted molar refractivity (Wildman–Crippen MR) is 162 cm³/mol. The Kier molecular flexibility index (Phi) is 6.76. The molecule has 0 radical (unpaired) electrons. The number of fused-ring (bicyclic) bond motifs is 4. The molecule has 1 saturated heterocycles. The molecule has 10 heteroatoms. The van der Waals surface area contributed by atoms with Crippen molar-refractivity contribution in [3.8, 4) is 10.4 Å².